The van der Waals surface area contributed by atoms with E-state index >= 15 is 0 Å². The van der Waals surface area contributed by atoms with E-state index in [4.69, 9.17) is 0 Å². The fraction of sp³-hybridized carbons (Fsp3) is 0.316. The minimum atomic E-state index is 0.0837. The molecule has 4 rings (SSSR count). The van der Waals surface area contributed by atoms with Crippen LogP contribution in [-0.2, 0) is 0 Å². The number of aromatic nitrogens is 3. The summed E-state index contributed by atoms with van der Waals surface area (Å²) in [5, 5.41) is 7.39. The van der Waals surface area contributed by atoms with Gasteiger partial charge in [0.25, 0.3) is 5.91 Å². The van der Waals surface area contributed by atoms with Crippen LogP contribution in [0.25, 0.3) is 5.69 Å². The molecule has 0 radical (unpaired) electrons. The summed E-state index contributed by atoms with van der Waals surface area (Å²) in [6, 6.07) is 7.60. The van der Waals surface area contributed by atoms with E-state index in [-0.39, 0.29) is 5.91 Å². The molecule has 1 aliphatic rings. The van der Waals surface area contributed by atoms with Gasteiger partial charge < -0.3 is 9.80 Å². The Hall–Kier alpha value is -2.19. The molecule has 1 aromatic carbocycles. The first-order chi connectivity index (χ1) is 13.1. The molecule has 27 heavy (non-hydrogen) atoms. The van der Waals surface area contributed by atoms with Gasteiger partial charge in [0, 0.05) is 43.3 Å². The molecule has 140 valence electrons. The molecule has 1 fully saturated rings. The average Bonchev–Trinajstić information content (AvgIpc) is 3.22. The van der Waals surface area contributed by atoms with Gasteiger partial charge >= 0.3 is 0 Å². The standard InChI is InChI=1S/C19H20BrN5OS/c1-14-13-27-19(22-14)24-8-2-7-23(9-10-24)18(26)15-3-5-17(6-4-15)25-12-16(20)11-21-25/h3-6,11-13H,2,7-10H2,1H3. The number of halogens is 1. The molecular weight excluding hydrogens is 426 g/mol. The van der Waals surface area contributed by atoms with Crippen LogP contribution in [0.2, 0.25) is 0 Å². The average molecular weight is 446 g/mol. The fourth-order valence-electron chi connectivity index (χ4n) is 3.18. The lowest BCUT2D eigenvalue weighted by Gasteiger charge is -2.22. The van der Waals surface area contributed by atoms with Gasteiger partial charge in [-0.1, -0.05) is 0 Å². The molecule has 1 aliphatic heterocycles. The van der Waals surface area contributed by atoms with Crippen LogP contribution in [0.15, 0.2) is 46.5 Å². The number of rotatable bonds is 3. The van der Waals surface area contributed by atoms with E-state index in [0.717, 1.165) is 47.0 Å². The van der Waals surface area contributed by atoms with Crippen molar-refractivity contribution in [1.29, 1.82) is 0 Å². The zero-order valence-electron chi connectivity index (χ0n) is 15.0. The van der Waals surface area contributed by atoms with E-state index in [1.165, 1.54) is 0 Å². The van der Waals surface area contributed by atoms with Gasteiger partial charge in [-0.15, -0.1) is 11.3 Å². The highest BCUT2D eigenvalue weighted by molar-refractivity contribution is 9.10. The summed E-state index contributed by atoms with van der Waals surface area (Å²) in [7, 11) is 0. The van der Waals surface area contributed by atoms with Gasteiger partial charge in [-0.2, -0.15) is 5.10 Å². The molecule has 0 spiro atoms. The maximum Gasteiger partial charge on any atom is 0.253 e. The van der Waals surface area contributed by atoms with Crippen LogP contribution in [0.5, 0.6) is 0 Å². The quantitative estimate of drug-likeness (QED) is 0.615. The van der Waals surface area contributed by atoms with Crippen LogP contribution in [-0.4, -0.2) is 51.8 Å². The lowest BCUT2D eigenvalue weighted by atomic mass is 10.1. The van der Waals surface area contributed by atoms with Crippen LogP contribution in [0.1, 0.15) is 22.5 Å². The van der Waals surface area contributed by atoms with Crippen LogP contribution in [0.3, 0.4) is 0 Å². The maximum atomic E-state index is 12.9. The van der Waals surface area contributed by atoms with Crippen molar-refractivity contribution in [3.63, 3.8) is 0 Å². The van der Waals surface area contributed by atoms with Gasteiger partial charge in [0.05, 0.1) is 22.1 Å². The third-order valence-electron chi connectivity index (χ3n) is 4.59. The Labute approximate surface area is 170 Å². The number of nitrogens with zero attached hydrogens (tertiary/aromatic N) is 5. The first-order valence-corrected chi connectivity index (χ1v) is 10.5. The first kappa shape index (κ1) is 18.2. The molecular formula is C19H20BrN5OS. The number of carbonyl (C=O) groups is 1. The Balaban J connectivity index is 1.43. The number of benzene rings is 1. The predicted octanol–water partition coefficient (Wildman–Crippen LogP) is 3.75. The fourth-order valence-corrected chi connectivity index (χ4v) is 4.32. The molecule has 0 unspecified atom stereocenters. The second-order valence-electron chi connectivity index (χ2n) is 6.55. The highest BCUT2D eigenvalue weighted by atomic mass is 79.9. The first-order valence-electron chi connectivity index (χ1n) is 8.87. The molecule has 0 bridgehead atoms. The SMILES string of the molecule is Cc1csc(N2CCCN(C(=O)c3ccc(-n4cc(Br)cn4)cc3)CC2)n1. The topological polar surface area (TPSA) is 54.3 Å². The van der Waals surface area contributed by atoms with E-state index in [2.05, 4.69) is 36.3 Å². The second-order valence-corrected chi connectivity index (χ2v) is 8.31. The summed E-state index contributed by atoms with van der Waals surface area (Å²) in [4.78, 5) is 21.7. The molecule has 0 aliphatic carbocycles. The maximum absolute atomic E-state index is 12.9. The van der Waals surface area contributed by atoms with Gasteiger partial charge in [0.15, 0.2) is 5.13 Å². The molecule has 1 amide bonds. The summed E-state index contributed by atoms with van der Waals surface area (Å²) >= 11 is 5.07. The zero-order chi connectivity index (χ0) is 18.8. The molecule has 8 heteroatoms. The minimum Gasteiger partial charge on any atom is -0.346 e. The number of carbonyl (C=O) groups excluding carboxylic acids is 1. The van der Waals surface area contributed by atoms with Crippen LogP contribution >= 0.6 is 27.3 Å². The zero-order valence-corrected chi connectivity index (χ0v) is 17.4. The van der Waals surface area contributed by atoms with E-state index < -0.39 is 0 Å². The predicted molar refractivity (Wildman–Crippen MR) is 111 cm³/mol. The van der Waals surface area contributed by atoms with E-state index in [1.54, 1.807) is 22.2 Å². The van der Waals surface area contributed by atoms with Crippen molar-refractivity contribution >= 4 is 38.3 Å². The van der Waals surface area contributed by atoms with Gasteiger partial charge in [0.2, 0.25) is 0 Å². The van der Waals surface area contributed by atoms with Crippen molar-refractivity contribution in [2.75, 3.05) is 31.1 Å². The number of amides is 1. The van der Waals surface area contributed by atoms with E-state index in [9.17, 15) is 4.79 Å². The highest BCUT2D eigenvalue weighted by Crippen LogP contribution is 2.22. The van der Waals surface area contributed by atoms with Gasteiger partial charge in [-0.3, -0.25) is 4.79 Å². The van der Waals surface area contributed by atoms with Crippen LogP contribution in [0, 0.1) is 6.92 Å². The summed E-state index contributed by atoms with van der Waals surface area (Å²) < 4.78 is 2.70. The summed E-state index contributed by atoms with van der Waals surface area (Å²) in [6.45, 7) is 5.25. The molecule has 0 atom stereocenters. The molecule has 0 N–H and O–H groups in total. The number of hydrogen-bond acceptors (Lipinski definition) is 5. The molecule has 2 aromatic heterocycles. The molecule has 3 aromatic rings. The van der Waals surface area contributed by atoms with E-state index in [0.29, 0.717) is 12.1 Å². The van der Waals surface area contributed by atoms with Crippen LogP contribution in [0.4, 0.5) is 5.13 Å². The molecule has 6 nitrogen and oxygen atoms in total. The summed E-state index contributed by atoms with van der Waals surface area (Å²) in [6.07, 6.45) is 4.58. The lowest BCUT2D eigenvalue weighted by molar-refractivity contribution is 0.0767. The Morgan fingerprint density at radius 1 is 1.15 bits per heavy atom. The highest BCUT2D eigenvalue weighted by Gasteiger charge is 2.21. The van der Waals surface area contributed by atoms with Crippen molar-refractivity contribution in [3.05, 3.63) is 57.8 Å². The number of aryl methyl sites for hydroxylation is 1. The van der Waals surface area contributed by atoms with Crippen molar-refractivity contribution in [2.24, 2.45) is 0 Å². The Kier molecular flexibility index (Phi) is 5.27. The summed E-state index contributed by atoms with van der Waals surface area (Å²) in [5.74, 6) is 0.0837. The molecule has 3 heterocycles. The normalized spacial score (nSPS) is 15.0. The lowest BCUT2D eigenvalue weighted by Crippen LogP contribution is -2.35. The Morgan fingerprint density at radius 3 is 2.63 bits per heavy atom. The minimum absolute atomic E-state index is 0.0837. The monoisotopic (exact) mass is 445 g/mol. The number of anilines is 1. The van der Waals surface area contributed by atoms with Gasteiger partial charge in [-0.05, 0) is 53.5 Å². The van der Waals surface area contributed by atoms with Gasteiger partial charge in [0.1, 0.15) is 0 Å². The van der Waals surface area contributed by atoms with Crippen molar-refractivity contribution in [2.45, 2.75) is 13.3 Å². The van der Waals surface area contributed by atoms with E-state index in [1.807, 2.05) is 42.3 Å². The van der Waals surface area contributed by atoms with Crippen molar-refractivity contribution in [1.82, 2.24) is 19.7 Å². The Morgan fingerprint density at radius 2 is 1.96 bits per heavy atom. The molecule has 0 saturated carbocycles. The number of hydrogen-bond donors (Lipinski definition) is 0. The second kappa shape index (κ2) is 7.82. The van der Waals surface area contributed by atoms with Crippen LogP contribution < -0.4 is 4.90 Å². The third-order valence-corrected chi connectivity index (χ3v) is 6.02. The Bertz CT molecular complexity index is 936. The van der Waals surface area contributed by atoms with Gasteiger partial charge in [-0.25, -0.2) is 9.67 Å². The smallest absolute Gasteiger partial charge is 0.253 e. The molecule has 1 saturated heterocycles. The number of thiazole rings is 1. The largest absolute Gasteiger partial charge is 0.346 e. The van der Waals surface area contributed by atoms with Crippen molar-refractivity contribution < 1.29 is 4.79 Å². The van der Waals surface area contributed by atoms with Crippen molar-refractivity contribution in [3.8, 4) is 5.69 Å². The third kappa shape index (κ3) is 4.06. The summed E-state index contributed by atoms with van der Waals surface area (Å²) in [5.41, 5.74) is 2.69.